The summed E-state index contributed by atoms with van der Waals surface area (Å²) in [5, 5.41) is 9.20. The molecule has 0 unspecified atom stereocenters. The van der Waals surface area contributed by atoms with Crippen molar-refractivity contribution in [2.75, 3.05) is 24.3 Å². The van der Waals surface area contributed by atoms with Crippen LogP contribution < -0.4 is 15.4 Å². The molecule has 2 aromatic rings. The Hall–Kier alpha value is -3.02. The molecule has 0 atom stereocenters. The van der Waals surface area contributed by atoms with E-state index in [9.17, 15) is 14.7 Å². The minimum atomic E-state index is -1.15. The maximum Gasteiger partial charge on any atom is 0.337 e. The van der Waals surface area contributed by atoms with Crippen LogP contribution in [0, 0.1) is 0 Å². The Morgan fingerprint density at radius 2 is 1.86 bits per heavy atom. The first-order chi connectivity index (χ1) is 10.5. The fourth-order valence-corrected chi connectivity index (χ4v) is 1.91. The van der Waals surface area contributed by atoms with Crippen LogP contribution in [0.25, 0.3) is 0 Å². The molecule has 6 heteroatoms. The predicted octanol–water partition coefficient (Wildman–Crippen LogP) is 2.01. The molecule has 6 nitrogen and oxygen atoms in total. The molecule has 22 heavy (non-hydrogen) atoms. The van der Waals surface area contributed by atoms with E-state index in [-0.39, 0.29) is 23.8 Å². The lowest BCUT2D eigenvalue weighted by atomic mass is 10.1. The third-order valence-electron chi connectivity index (χ3n) is 3.09. The van der Waals surface area contributed by atoms with E-state index in [1.54, 1.807) is 30.3 Å². The number of carboxylic acids is 1. The second-order valence-corrected chi connectivity index (χ2v) is 4.64. The lowest BCUT2D eigenvalue weighted by Gasteiger charge is -2.20. The average Bonchev–Trinajstić information content (AvgIpc) is 2.52. The van der Waals surface area contributed by atoms with Gasteiger partial charge in [-0.2, -0.15) is 0 Å². The van der Waals surface area contributed by atoms with Gasteiger partial charge in [0.25, 0.3) is 5.91 Å². The number of carbonyl (C=O) groups excluding carboxylic acids is 1. The first-order valence-corrected chi connectivity index (χ1v) is 6.56. The van der Waals surface area contributed by atoms with E-state index in [0.29, 0.717) is 11.4 Å². The van der Waals surface area contributed by atoms with Crippen molar-refractivity contribution in [2.45, 2.75) is 0 Å². The number of likely N-dealkylation sites (N-methyl/N-ethyl adjacent to an activating group) is 1. The zero-order valence-corrected chi connectivity index (χ0v) is 12.0. The maximum absolute atomic E-state index is 12.2. The molecule has 0 saturated heterocycles. The number of rotatable bonds is 5. The van der Waals surface area contributed by atoms with Crippen molar-refractivity contribution in [3.05, 3.63) is 54.1 Å². The zero-order chi connectivity index (χ0) is 16.1. The zero-order valence-electron chi connectivity index (χ0n) is 12.0. The smallest absolute Gasteiger partial charge is 0.337 e. The van der Waals surface area contributed by atoms with Crippen molar-refractivity contribution in [3.63, 3.8) is 0 Å². The number of benzene rings is 2. The number of carboxylic acid groups (broad SMARTS) is 1. The number of ether oxygens (including phenoxy) is 1. The minimum Gasteiger partial charge on any atom is -0.484 e. The van der Waals surface area contributed by atoms with Crippen molar-refractivity contribution >= 4 is 23.3 Å². The second-order valence-electron chi connectivity index (χ2n) is 4.64. The number of carbonyl (C=O) groups is 2. The molecule has 0 radical (unpaired) electrons. The number of nitrogen functional groups attached to an aromatic ring is 1. The molecule has 2 aromatic carbocycles. The van der Waals surface area contributed by atoms with Gasteiger partial charge in [-0.25, -0.2) is 4.79 Å². The lowest BCUT2D eigenvalue weighted by molar-refractivity contribution is -0.120. The van der Waals surface area contributed by atoms with Crippen LogP contribution >= 0.6 is 0 Å². The minimum absolute atomic E-state index is 0.0319. The first-order valence-electron chi connectivity index (χ1n) is 6.56. The average molecular weight is 300 g/mol. The summed E-state index contributed by atoms with van der Waals surface area (Å²) in [4.78, 5) is 24.7. The Morgan fingerprint density at radius 3 is 2.50 bits per heavy atom. The third kappa shape index (κ3) is 3.54. The summed E-state index contributed by atoms with van der Waals surface area (Å²) in [6.07, 6.45) is 0. The second kappa shape index (κ2) is 6.62. The summed E-state index contributed by atoms with van der Waals surface area (Å²) in [5.74, 6) is -0.943. The van der Waals surface area contributed by atoms with Gasteiger partial charge in [0.15, 0.2) is 6.61 Å². The molecular weight excluding hydrogens is 284 g/mol. The SMILES string of the molecule is CN(C(=O)COc1ccccc1)c1ccc(N)cc1C(=O)O. The van der Waals surface area contributed by atoms with Crippen molar-refractivity contribution < 1.29 is 19.4 Å². The molecule has 0 bridgehead atoms. The third-order valence-corrected chi connectivity index (χ3v) is 3.09. The van der Waals surface area contributed by atoms with Crippen molar-refractivity contribution in [2.24, 2.45) is 0 Å². The van der Waals surface area contributed by atoms with Crippen molar-refractivity contribution in [1.82, 2.24) is 0 Å². The van der Waals surface area contributed by atoms with E-state index in [2.05, 4.69) is 0 Å². The predicted molar refractivity (Wildman–Crippen MR) is 83.2 cm³/mol. The number of para-hydroxylation sites is 1. The van der Waals surface area contributed by atoms with E-state index in [1.165, 1.54) is 24.1 Å². The van der Waals surface area contributed by atoms with E-state index >= 15 is 0 Å². The molecule has 1 amide bonds. The summed E-state index contributed by atoms with van der Waals surface area (Å²) in [6.45, 7) is -0.191. The Morgan fingerprint density at radius 1 is 1.18 bits per heavy atom. The quantitative estimate of drug-likeness (QED) is 0.824. The Balaban J connectivity index is 2.12. The maximum atomic E-state index is 12.2. The van der Waals surface area contributed by atoms with E-state index in [4.69, 9.17) is 10.5 Å². The highest BCUT2D eigenvalue weighted by Crippen LogP contribution is 2.22. The van der Waals surface area contributed by atoms with Gasteiger partial charge in [-0.05, 0) is 30.3 Å². The fraction of sp³-hybridized carbons (Fsp3) is 0.125. The molecule has 0 fully saturated rings. The van der Waals surface area contributed by atoms with Gasteiger partial charge in [0, 0.05) is 12.7 Å². The van der Waals surface area contributed by atoms with E-state index in [0.717, 1.165) is 0 Å². The number of hydrogen-bond donors (Lipinski definition) is 2. The summed E-state index contributed by atoms with van der Waals surface area (Å²) >= 11 is 0. The summed E-state index contributed by atoms with van der Waals surface area (Å²) in [7, 11) is 1.49. The molecule has 0 aliphatic carbocycles. The van der Waals surface area contributed by atoms with Gasteiger partial charge in [0.1, 0.15) is 5.75 Å². The molecule has 0 spiro atoms. The van der Waals surface area contributed by atoms with Crippen LogP contribution in [0.2, 0.25) is 0 Å². The largest absolute Gasteiger partial charge is 0.484 e. The topological polar surface area (TPSA) is 92.9 Å². The normalized spacial score (nSPS) is 10.0. The highest BCUT2D eigenvalue weighted by atomic mass is 16.5. The molecule has 3 N–H and O–H groups in total. The van der Waals surface area contributed by atoms with Gasteiger partial charge in [-0.3, -0.25) is 4.79 Å². The standard InChI is InChI=1S/C16H16N2O4/c1-18(14-8-7-11(17)9-13(14)16(20)21)15(19)10-22-12-5-3-2-4-6-12/h2-9H,10,17H2,1H3,(H,20,21). The molecular formula is C16H16N2O4. The van der Waals surface area contributed by atoms with Gasteiger partial charge < -0.3 is 20.5 Å². The van der Waals surface area contributed by atoms with Crippen LogP contribution in [0.3, 0.4) is 0 Å². The van der Waals surface area contributed by atoms with Crippen LogP contribution in [0.15, 0.2) is 48.5 Å². The van der Waals surface area contributed by atoms with Crippen LogP contribution in [-0.2, 0) is 4.79 Å². The Labute approximate surface area is 127 Å². The number of nitrogens with two attached hydrogens (primary N) is 1. The summed E-state index contributed by atoms with van der Waals surface area (Å²) < 4.78 is 5.37. The van der Waals surface area contributed by atoms with Crippen LogP contribution in [0.4, 0.5) is 11.4 Å². The van der Waals surface area contributed by atoms with Crippen molar-refractivity contribution in [3.8, 4) is 5.75 Å². The van der Waals surface area contributed by atoms with Gasteiger partial charge in [-0.1, -0.05) is 18.2 Å². The van der Waals surface area contributed by atoms with Gasteiger partial charge in [0.2, 0.25) is 0 Å². The van der Waals surface area contributed by atoms with Gasteiger partial charge in [0.05, 0.1) is 11.3 Å². The van der Waals surface area contributed by atoms with Crippen LogP contribution in [0.5, 0.6) is 5.75 Å². The lowest BCUT2D eigenvalue weighted by Crippen LogP contribution is -2.32. The highest BCUT2D eigenvalue weighted by Gasteiger charge is 2.19. The van der Waals surface area contributed by atoms with Gasteiger partial charge >= 0.3 is 5.97 Å². The number of hydrogen-bond acceptors (Lipinski definition) is 4. The number of aromatic carboxylic acids is 1. The Bertz CT molecular complexity index is 686. The molecule has 0 saturated carbocycles. The van der Waals surface area contributed by atoms with Crippen LogP contribution in [0.1, 0.15) is 10.4 Å². The van der Waals surface area contributed by atoms with Crippen molar-refractivity contribution in [1.29, 1.82) is 0 Å². The highest BCUT2D eigenvalue weighted by molar-refractivity contribution is 6.02. The van der Waals surface area contributed by atoms with Crippen LogP contribution in [-0.4, -0.2) is 30.6 Å². The Kier molecular flexibility index (Phi) is 4.63. The molecule has 0 aromatic heterocycles. The summed E-state index contributed by atoms with van der Waals surface area (Å²) in [5.41, 5.74) is 6.14. The van der Waals surface area contributed by atoms with E-state index < -0.39 is 5.97 Å². The molecule has 0 aliphatic heterocycles. The number of amides is 1. The first kappa shape index (κ1) is 15.4. The van der Waals surface area contributed by atoms with Gasteiger partial charge in [-0.15, -0.1) is 0 Å². The number of nitrogens with zero attached hydrogens (tertiary/aromatic N) is 1. The van der Waals surface area contributed by atoms with E-state index in [1.807, 2.05) is 6.07 Å². The number of anilines is 2. The molecule has 0 aliphatic rings. The monoisotopic (exact) mass is 300 g/mol. The fourth-order valence-electron chi connectivity index (χ4n) is 1.91. The summed E-state index contributed by atoms with van der Waals surface area (Å²) in [6, 6.07) is 13.3. The molecule has 0 heterocycles. The molecule has 114 valence electrons. The molecule has 2 rings (SSSR count).